The van der Waals surface area contributed by atoms with Gasteiger partial charge in [0.2, 0.25) is 5.89 Å². The topological polar surface area (TPSA) is 62.4 Å². The van der Waals surface area contributed by atoms with Crippen molar-refractivity contribution in [3.05, 3.63) is 11.7 Å². The van der Waals surface area contributed by atoms with Crippen LogP contribution in [0.3, 0.4) is 0 Å². The molecule has 2 rings (SSSR count). The van der Waals surface area contributed by atoms with Gasteiger partial charge in [-0.05, 0) is 19.4 Å². The van der Waals surface area contributed by atoms with E-state index >= 15 is 0 Å². The maximum Gasteiger partial charge on any atom is 0.229 e. The molecule has 5 nitrogen and oxygen atoms in total. The second-order valence-electron chi connectivity index (χ2n) is 4.65. The fourth-order valence-corrected chi connectivity index (χ4v) is 2.06. The smallest absolute Gasteiger partial charge is 0.229 e. The Labute approximate surface area is 95.4 Å². The van der Waals surface area contributed by atoms with Crippen LogP contribution in [0.1, 0.15) is 44.3 Å². The Morgan fingerprint density at radius 3 is 3.00 bits per heavy atom. The number of hydrogen-bond acceptors (Lipinski definition) is 5. The van der Waals surface area contributed by atoms with Gasteiger partial charge in [-0.2, -0.15) is 4.98 Å². The fraction of sp³-hybridized carbons (Fsp3) is 0.818. The van der Waals surface area contributed by atoms with E-state index in [9.17, 15) is 5.11 Å². The van der Waals surface area contributed by atoms with Crippen molar-refractivity contribution >= 4 is 0 Å². The van der Waals surface area contributed by atoms with Crippen LogP contribution >= 0.6 is 0 Å². The highest BCUT2D eigenvalue weighted by Gasteiger charge is 2.25. The molecule has 1 atom stereocenters. The van der Waals surface area contributed by atoms with Crippen LogP contribution in [0.2, 0.25) is 0 Å². The molecule has 2 heterocycles. The number of aromatic nitrogens is 2. The summed E-state index contributed by atoms with van der Waals surface area (Å²) in [5, 5.41) is 13.2. The van der Waals surface area contributed by atoms with Crippen molar-refractivity contribution in [2.75, 3.05) is 13.2 Å². The van der Waals surface area contributed by atoms with Crippen molar-refractivity contribution in [1.82, 2.24) is 15.0 Å². The summed E-state index contributed by atoms with van der Waals surface area (Å²) in [5.74, 6) is 1.69. The van der Waals surface area contributed by atoms with Crippen LogP contribution in [0.25, 0.3) is 0 Å². The van der Waals surface area contributed by atoms with E-state index in [-0.39, 0.29) is 18.6 Å². The fourth-order valence-electron chi connectivity index (χ4n) is 2.06. The molecule has 0 spiro atoms. The van der Waals surface area contributed by atoms with Crippen molar-refractivity contribution in [3.63, 3.8) is 0 Å². The molecule has 5 heteroatoms. The van der Waals surface area contributed by atoms with Crippen LogP contribution in [0.4, 0.5) is 0 Å². The van der Waals surface area contributed by atoms with Gasteiger partial charge in [0.1, 0.15) is 0 Å². The third kappa shape index (κ3) is 2.41. The van der Waals surface area contributed by atoms with E-state index in [1.165, 1.54) is 0 Å². The van der Waals surface area contributed by atoms with Crippen molar-refractivity contribution in [1.29, 1.82) is 0 Å². The summed E-state index contributed by atoms with van der Waals surface area (Å²) >= 11 is 0. The number of likely N-dealkylation sites (tertiary alicyclic amines) is 1. The van der Waals surface area contributed by atoms with Crippen LogP contribution in [-0.4, -0.2) is 39.3 Å². The van der Waals surface area contributed by atoms with E-state index in [0.717, 1.165) is 25.2 Å². The minimum atomic E-state index is 0.217. The molecule has 1 aromatic heterocycles. The molecule has 0 unspecified atom stereocenters. The minimum absolute atomic E-state index is 0.217. The molecular weight excluding hydrogens is 206 g/mol. The number of hydrogen-bond donors (Lipinski definition) is 1. The van der Waals surface area contributed by atoms with E-state index in [4.69, 9.17) is 4.52 Å². The van der Waals surface area contributed by atoms with Gasteiger partial charge in [0, 0.05) is 12.0 Å². The van der Waals surface area contributed by atoms with Gasteiger partial charge in [0.05, 0.1) is 13.2 Å². The zero-order valence-corrected chi connectivity index (χ0v) is 9.89. The average Bonchev–Trinajstić information content (AvgIpc) is 2.87. The lowest BCUT2D eigenvalue weighted by Crippen LogP contribution is -2.31. The van der Waals surface area contributed by atoms with Gasteiger partial charge in [-0.15, -0.1) is 0 Å². The highest BCUT2D eigenvalue weighted by atomic mass is 16.5. The summed E-state index contributed by atoms with van der Waals surface area (Å²) in [6.45, 7) is 5.97. The van der Waals surface area contributed by atoms with E-state index in [1.807, 2.05) is 13.8 Å². The predicted molar refractivity (Wildman–Crippen MR) is 58.9 cm³/mol. The number of rotatable bonds is 4. The molecule has 16 heavy (non-hydrogen) atoms. The Hall–Kier alpha value is -0.940. The predicted octanol–water partition coefficient (Wildman–Crippen LogP) is 1.15. The highest BCUT2D eigenvalue weighted by Crippen LogP contribution is 2.19. The third-order valence-corrected chi connectivity index (χ3v) is 3.03. The van der Waals surface area contributed by atoms with Gasteiger partial charge in [-0.1, -0.05) is 19.0 Å². The van der Waals surface area contributed by atoms with Gasteiger partial charge < -0.3 is 9.63 Å². The Bertz CT molecular complexity index is 338. The highest BCUT2D eigenvalue weighted by molar-refractivity contribution is 4.92. The quantitative estimate of drug-likeness (QED) is 0.832. The van der Waals surface area contributed by atoms with E-state index in [1.54, 1.807) is 0 Å². The standard InChI is InChI=1S/C11H19N3O2/c1-8(2)11-12-10(13-16-11)6-14-5-3-4-9(14)7-15/h8-9,15H,3-7H2,1-2H3/t9-/m1/s1. The van der Waals surface area contributed by atoms with Gasteiger partial charge in [-0.3, -0.25) is 4.90 Å². The van der Waals surface area contributed by atoms with Gasteiger partial charge in [0.15, 0.2) is 5.82 Å². The van der Waals surface area contributed by atoms with Crippen LogP contribution in [0.15, 0.2) is 4.52 Å². The number of aliphatic hydroxyl groups excluding tert-OH is 1. The average molecular weight is 225 g/mol. The van der Waals surface area contributed by atoms with Crippen LogP contribution < -0.4 is 0 Å². The molecular formula is C11H19N3O2. The summed E-state index contributed by atoms with van der Waals surface area (Å²) in [6.07, 6.45) is 2.20. The second kappa shape index (κ2) is 4.93. The zero-order chi connectivity index (χ0) is 11.5. The van der Waals surface area contributed by atoms with Gasteiger partial charge >= 0.3 is 0 Å². The van der Waals surface area contributed by atoms with Gasteiger partial charge in [0.25, 0.3) is 0 Å². The SMILES string of the molecule is CC(C)c1nc(CN2CCC[C@@H]2CO)no1. The Kier molecular flexibility index (Phi) is 3.56. The van der Waals surface area contributed by atoms with Crippen molar-refractivity contribution < 1.29 is 9.63 Å². The van der Waals surface area contributed by atoms with Crippen LogP contribution in [0, 0.1) is 0 Å². The Balaban J connectivity index is 1.97. The lowest BCUT2D eigenvalue weighted by molar-refractivity contribution is 0.150. The first kappa shape index (κ1) is 11.5. The number of aliphatic hydroxyl groups is 1. The van der Waals surface area contributed by atoms with Crippen molar-refractivity contribution in [2.45, 2.75) is 45.2 Å². The monoisotopic (exact) mass is 225 g/mol. The summed E-state index contributed by atoms with van der Waals surface area (Å²) in [4.78, 5) is 6.56. The second-order valence-corrected chi connectivity index (χ2v) is 4.65. The molecule has 1 aromatic rings. The summed E-state index contributed by atoms with van der Waals surface area (Å²) < 4.78 is 5.15. The molecule has 0 aliphatic carbocycles. The summed E-state index contributed by atoms with van der Waals surface area (Å²) in [5.41, 5.74) is 0. The maximum absolute atomic E-state index is 9.20. The van der Waals surface area contributed by atoms with E-state index < -0.39 is 0 Å². The largest absolute Gasteiger partial charge is 0.395 e. The van der Waals surface area contributed by atoms with Crippen molar-refractivity contribution in [2.24, 2.45) is 0 Å². The molecule has 1 fully saturated rings. The van der Waals surface area contributed by atoms with E-state index in [0.29, 0.717) is 12.4 Å². The first-order chi connectivity index (χ1) is 7.70. The van der Waals surface area contributed by atoms with Crippen molar-refractivity contribution in [3.8, 4) is 0 Å². The summed E-state index contributed by atoms with van der Waals surface area (Å²) in [7, 11) is 0. The molecule has 1 aliphatic heterocycles. The molecule has 0 amide bonds. The molecule has 0 saturated carbocycles. The lowest BCUT2D eigenvalue weighted by atomic mass is 10.2. The Morgan fingerprint density at radius 1 is 1.56 bits per heavy atom. The summed E-state index contributed by atoms with van der Waals surface area (Å²) in [6, 6.07) is 0.265. The van der Waals surface area contributed by atoms with Crippen LogP contribution in [-0.2, 0) is 6.54 Å². The first-order valence-electron chi connectivity index (χ1n) is 5.88. The molecule has 0 radical (unpaired) electrons. The number of nitrogens with zero attached hydrogens (tertiary/aromatic N) is 3. The van der Waals surface area contributed by atoms with Crippen LogP contribution in [0.5, 0.6) is 0 Å². The lowest BCUT2D eigenvalue weighted by Gasteiger charge is -2.20. The molecule has 1 saturated heterocycles. The minimum Gasteiger partial charge on any atom is -0.395 e. The molecule has 1 aliphatic rings. The van der Waals surface area contributed by atoms with E-state index in [2.05, 4.69) is 15.0 Å². The maximum atomic E-state index is 9.20. The Morgan fingerprint density at radius 2 is 2.38 bits per heavy atom. The zero-order valence-electron chi connectivity index (χ0n) is 9.89. The third-order valence-electron chi connectivity index (χ3n) is 3.03. The molecule has 0 aromatic carbocycles. The normalized spacial score (nSPS) is 22.1. The van der Waals surface area contributed by atoms with Gasteiger partial charge in [-0.25, -0.2) is 0 Å². The molecule has 90 valence electrons. The molecule has 1 N–H and O–H groups in total. The molecule has 0 bridgehead atoms. The first-order valence-corrected chi connectivity index (χ1v) is 5.88.